The lowest BCUT2D eigenvalue weighted by Crippen LogP contribution is -2.22. The summed E-state index contributed by atoms with van der Waals surface area (Å²) >= 11 is 2.53. The highest BCUT2D eigenvalue weighted by Gasteiger charge is 2.16. The Kier molecular flexibility index (Phi) is 4.58. The molecule has 3 aromatic heterocycles. The molecular formula is C17H12FN5O2S2. The van der Waals surface area contributed by atoms with Crippen molar-refractivity contribution in [2.75, 3.05) is 0 Å². The molecule has 0 saturated heterocycles. The topological polar surface area (TPSA) is 93.5 Å². The van der Waals surface area contributed by atoms with Gasteiger partial charge in [-0.3, -0.25) is 9.36 Å². The molecule has 0 aliphatic rings. The Morgan fingerprint density at radius 2 is 2.15 bits per heavy atom. The maximum Gasteiger partial charge on any atom is 0.345 e. The Bertz CT molecular complexity index is 1240. The van der Waals surface area contributed by atoms with Crippen LogP contribution in [0.15, 0.2) is 50.8 Å². The molecule has 0 amide bonds. The van der Waals surface area contributed by atoms with Gasteiger partial charge in [-0.15, -0.1) is 11.3 Å². The van der Waals surface area contributed by atoms with Gasteiger partial charge in [0.15, 0.2) is 10.8 Å². The van der Waals surface area contributed by atoms with Crippen LogP contribution in [0.1, 0.15) is 11.1 Å². The van der Waals surface area contributed by atoms with E-state index in [1.807, 2.05) is 6.92 Å². The third kappa shape index (κ3) is 3.40. The van der Waals surface area contributed by atoms with E-state index in [2.05, 4.69) is 19.9 Å². The molecule has 0 radical (unpaired) electrons. The van der Waals surface area contributed by atoms with Crippen molar-refractivity contribution < 1.29 is 4.39 Å². The first kappa shape index (κ1) is 17.6. The number of nitrogens with zero attached hydrogens (tertiary/aromatic N) is 4. The largest absolute Gasteiger partial charge is 0.345 e. The SMILES string of the molecule is Cc1cc(F)ccc1CSc1nc2ncsc2c(=O)n1-c1cnc(=O)[nH]c1. The number of aryl methyl sites for hydroxylation is 1. The predicted octanol–water partition coefficient (Wildman–Crippen LogP) is 2.67. The number of H-pyrrole nitrogens is 1. The monoisotopic (exact) mass is 401 g/mol. The highest BCUT2D eigenvalue weighted by Crippen LogP contribution is 2.26. The van der Waals surface area contributed by atoms with Gasteiger partial charge in [-0.05, 0) is 30.2 Å². The Morgan fingerprint density at radius 3 is 2.89 bits per heavy atom. The molecule has 0 fully saturated rings. The van der Waals surface area contributed by atoms with Crippen LogP contribution in [-0.4, -0.2) is 24.5 Å². The second kappa shape index (κ2) is 7.05. The molecular weight excluding hydrogens is 389 g/mol. The van der Waals surface area contributed by atoms with E-state index in [0.717, 1.165) is 11.1 Å². The molecule has 0 aliphatic carbocycles. The Morgan fingerprint density at radius 1 is 1.30 bits per heavy atom. The summed E-state index contributed by atoms with van der Waals surface area (Å²) in [4.78, 5) is 39.0. The van der Waals surface area contributed by atoms with Gasteiger partial charge in [-0.2, -0.15) is 4.98 Å². The van der Waals surface area contributed by atoms with Crippen LogP contribution >= 0.6 is 23.1 Å². The van der Waals surface area contributed by atoms with Crippen molar-refractivity contribution in [1.29, 1.82) is 0 Å². The molecule has 4 rings (SSSR count). The molecule has 3 heterocycles. The third-order valence-electron chi connectivity index (χ3n) is 3.92. The molecule has 7 nitrogen and oxygen atoms in total. The fourth-order valence-electron chi connectivity index (χ4n) is 2.54. The van der Waals surface area contributed by atoms with E-state index in [9.17, 15) is 14.0 Å². The number of nitrogens with one attached hydrogen (secondary N) is 1. The average molecular weight is 401 g/mol. The fourth-order valence-corrected chi connectivity index (χ4v) is 4.27. The summed E-state index contributed by atoms with van der Waals surface area (Å²) in [6, 6.07) is 4.58. The zero-order chi connectivity index (χ0) is 19.0. The van der Waals surface area contributed by atoms with Crippen LogP contribution in [0, 0.1) is 12.7 Å². The maximum absolute atomic E-state index is 13.3. The Balaban J connectivity index is 1.81. The molecule has 0 unspecified atom stereocenters. The van der Waals surface area contributed by atoms with Gasteiger partial charge in [-0.1, -0.05) is 17.8 Å². The van der Waals surface area contributed by atoms with Crippen LogP contribution in [0.25, 0.3) is 16.0 Å². The summed E-state index contributed by atoms with van der Waals surface area (Å²) in [5.74, 6) is 0.199. The summed E-state index contributed by atoms with van der Waals surface area (Å²) in [6.07, 6.45) is 2.74. The number of aromatic amines is 1. The first-order valence-electron chi connectivity index (χ1n) is 7.82. The van der Waals surface area contributed by atoms with Crippen molar-refractivity contribution in [3.63, 3.8) is 0 Å². The minimum absolute atomic E-state index is 0.283. The molecule has 0 aliphatic heterocycles. The normalized spacial score (nSPS) is 11.2. The van der Waals surface area contributed by atoms with Crippen molar-refractivity contribution in [1.82, 2.24) is 24.5 Å². The molecule has 0 spiro atoms. The van der Waals surface area contributed by atoms with Gasteiger partial charge in [0.1, 0.15) is 10.5 Å². The molecule has 0 saturated carbocycles. The molecule has 10 heteroatoms. The highest BCUT2D eigenvalue weighted by molar-refractivity contribution is 7.98. The highest BCUT2D eigenvalue weighted by atomic mass is 32.2. The van der Waals surface area contributed by atoms with Crippen LogP contribution in [0.5, 0.6) is 0 Å². The van der Waals surface area contributed by atoms with Crippen molar-refractivity contribution >= 4 is 33.4 Å². The fraction of sp³-hybridized carbons (Fsp3) is 0.118. The zero-order valence-corrected chi connectivity index (χ0v) is 15.6. The molecule has 0 atom stereocenters. The van der Waals surface area contributed by atoms with Crippen LogP contribution in [0.2, 0.25) is 0 Å². The summed E-state index contributed by atoms with van der Waals surface area (Å²) in [6.45, 7) is 1.83. The van der Waals surface area contributed by atoms with Gasteiger partial charge in [0, 0.05) is 11.9 Å². The zero-order valence-electron chi connectivity index (χ0n) is 14.0. The number of benzene rings is 1. The van der Waals surface area contributed by atoms with Gasteiger partial charge >= 0.3 is 5.69 Å². The lowest BCUT2D eigenvalue weighted by molar-refractivity contribution is 0.626. The number of aromatic nitrogens is 5. The number of thioether (sulfide) groups is 1. The van der Waals surface area contributed by atoms with Gasteiger partial charge in [0.05, 0.1) is 17.4 Å². The van der Waals surface area contributed by atoms with Gasteiger partial charge < -0.3 is 4.98 Å². The predicted molar refractivity (Wildman–Crippen MR) is 102 cm³/mol. The Labute approximate surface area is 160 Å². The first-order valence-corrected chi connectivity index (χ1v) is 9.68. The number of halogens is 1. The van der Waals surface area contributed by atoms with Gasteiger partial charge in [-0.25, -0.2) is 19.2 Å². The molecule has 1 aromatic carbocycles. The van der Waals surface area contributed by atoms with E-state index < -0.39 is 5.69 Å². The summed E-state index contributed by atoms with van der Waals surface area (Å²) in [5.41, 5.74) is 3.30. The Hall–Kier alpha value is -2.85. The maximum atomic E-state index is 13.3. The molecule has 0 bridgehead atoms. The van der Waals surface area contributed by atoms with Gasteiger partial charge in [0.25, 0.3) is 5.56 Å². The van der Waals surface area contributed by atoms with E-state index in [1.165, 1.54) is 52.2 Å². The summed E-state index contributed by atoms with van der Waals surface area (Å²) in [5, 5.41) is 0.413. The van der Waals surface area contributed by atoms with Crippen molar-refractivity contribution in [3.05, 3.63) is 73.9 Å². The first-order chi connectivity index (χ1) is 13.0. The second-order valence-corrected chi connectivity index (χ2v) is 7.47. The van der Waals surface area contributed by atoms with E-state index in [4.69, 9.17) is 0 Å². The van der Waals surface area contributed by atoms with Crippen LogP contribution in [0.3, 0.4) is 0 Å². The second-order valence-electron chi connectivity index (χ2n) is 5.68. The third-order valence-corrected chi connectivity index (χ3v) is 5.71. The number of rotatable bonds is 4. The lowest BCUT2D eigenvalue weighted by atomic mass is 10.1. The van der Waals surface area contributed by atoms with E-state index in [0.29, 0.717) is 26.9 Å². The van der Waals surface area contributed by atoms with E-state index in [1.54, 1.807) is 11.6 Å². The van der Waals surface area contributed by atoms with Crippen molar-refractivity contribution in [2.24, 2.45) is 0 Å². The number of hydrogen-bond acceptors (Lipinski definition) is 7. The molecule has 27 heavy (non-hydrogen) atoms. The van der Waals surface area contributed by atoms with Crippen molar-refractivity contribution in [3.8, 4) is 5.69 Å². The standard InChI is InChI=1S/C17H12FN5O2S2/c1-9-4-11(18)3-2-10(9)7-26-17-22-14-13(27-8-21-14)15(24)23(17)12-5-19-16(25)20-6-12/h2-6,8H,7H2,1H3,(H,19,20,25). The molecule has 1 N–H and O–H groups in total. The van der Waals surface area contributed by atoms with Crippen LogP contribution < -0.4 is 11.2 Å². The van der Waals surface area contributed by atoms with E-state index >= 15 is 0 Å². The minimum atomic E-state index is -0.505. The summed E-state index contributed by atoms with van der Waals surface area (Å²) in [7, 11) is 0. The molecule has 136 valence electrons. The number of fused-ring (bicyclic) bond motifs is 1. The number of thiazole rings is 1. The van der Waals surface area contributed by atoms with E-state index in [-0.39, 0.29) is 11.4 Å². The average Bonchev–Trinajstić information content (AvgIpc) is 3.11. The van der Waals surface area contributed by atoms with Crippen LogP contribution in [0.4, 0.5) is 4.39 Å². The quantitative estimate of drug-likeness (QED) is 0.417. The molecule has 4 aromatic rings. The van der Waals surface area contributed by atoms with Crippen LogP contribution in [-0.2, 0) is 5.75 Å². The minimum Gasteiger partial charge on any atom is -0.311 e. The summed E-state index contributed by atoms with van der Waals surface area (Å²) < 4.78 is 15.1. The van der Waals surface area contributed by atoms with Gasteiger partial charge in [0.2, 0.25) is 0 Å². The smallest absolute Gasteiger partial charge is 0.311 e. The van der Waals surface area contributed by atoms with Crippen molar-refractivity contribution in [2.45, 2.75) is 17.8 Å². The lowest BCUT2D eigenvalue weighted by Gasteiger charge is -2.11. The number of hydrogen-bond donors (Lipinski definition) is 1.